The maximum Gasteiger partial charge on any atom is 0.332 e. The molecule has 10 heteroatoms. The van der Waals surface area contributed by atoms with Crippen LogP contribution < -0.4 is 21.0 Å². The summed E-state index contributed by atoms with van der Waals surface area (Å²) < 4.78 is 7.42. The molecule has 0 spiro atoms. The third-order valence-corrected chi connectivity index (χ3v) is 8.45. The number of hydrogen-bond donors (Lipinski definition) is 0. The summed E-state index contributed by atoms with van der Waals surface area (Å²) in [6.45, 7) is 5.08. The molecule has 1 fully saturated rings. The highest BCUT2D eigenvalue weighted by molar-refractivity contribution is 7.99. The number of ether oxygens (including phenoxy) is 1. The van der Waals surface area contributed by atoms with Gasteiger partial charge in [0.2, 0.25) is 0 Å². The molecule has 2 aliphatic heterocycles. The van der Waals surface area contributed by atoms with Crippen molar-refractivity contribution in [3.8, 4) is 0 Å². The molecule has 204 valence electrons. The number of carbonyl (C=O) groups excluding carboxylic acids is 1. The number of esters is 1. The first-order valence-corrected chi connectivity index (χ1v) is 13.9. The van der Waals surface area contributed by atoms with Gasteiger partial charge in [0.25, 0.3) is 5.56 Å². The molecule has 0 radical (unpaired) electrons. The summed E-state index contributed by atoms with van der Waals surface area (Å²) in [6.07, 6.45) is 4.21. The standard InChI is InChI=1S/C29H33N5O4S/c1-30-26(20-27(35)31(2)29(30)37)33-17-15-32(16-18-33)13-6-14-34-22-7-4-5-8-24(22)39-25-11-9-21(19-23(25)34)10-12-28(36)38-3/h4-5,7-12,19-20H,6,13-18H2,1-3H3/b12-10+. The van der Waals surface area contributed by atoms with E-state index in [2.05, 4.69) is 51.1 Å². The molecule has 0 N–H and O–H groups in total. The zero-order valence-corrected chi connectivity index (χ0v) is 23.3. The van der Waals surface area contributed by atoms with Crippen molar-refractivity contribution in [2.75, 3.05) is 56.2 Å². The van der Waals surface area contributed by atoms with Crippen LogP contribution in [0.25, 0.3) is 6.08 Å². The molecule has 9 nitrogen and oxygen atoms in total. The molecule has 39 heavy (non-hydrogen) atoms. The average Bonchev–Trinajstić information content (AvgIpc) is 2.96. The Morgan fingerprint density at radius 2 is 1.67 bits per heavy atom. The second-order valence-corrected chi connectivity index (χ2v) is 10.8. The Balaban J connectivity index is 1.25. The average molecular weight is 548 g/mol. The minimum atomic E-state index is -0.374. The zero-order chi connectivity index (χ0) is 27.5. The van der Waals surface area contributed by atoms with Gasteiger partial charge in [-0.2, -0.15) is 0 Å². The molecule has 3 heterocycles. The second kappa shape index (κ2) is 11.5. The van der Waals surface area contributed by atoms with Crippen LogP contribution in [0.4, 0.5) is 17.2 Å². The Kier molecular flexibility index (Phi) is 7.94. The van der Waals surface area contributed by atoms with Gasteiger partial charge in [-0.25, -0.2) is 9.59 Å². The summed E-state index contributed by atoms with van der Waals surface area (Å²) in [4.78, 5) is 45.5. The molecule has 1 aromatic heterocycles. The molecule has 0 atom stereocenters. The van der Waals surface area contributed by atoms with Crippen molar-refractivity contribution in [3.05, 3.63) is 81.0 Å². The highest BCUT2D eigenvalue weighted by Gasteiger charge is 2.24. The van der Waals surface area contributed by atoms with Gasteiger partial charge in [-0.1, -0.05) is 30.0 Å². The van der Waals surface area contributed by atoms with E-state index in [-0.39, 0.29) is 17.2 Å². The van der Waals surface area contributed by atoms with Gasteiger partial charge in [-0.05, 0) is 48.9 Å². The summed E-state index contributed by atoms with van der Waals surface area (Å²) in [5.41, 5.74) is 2.71. The summed E-state index contributed by atoms with van der Waals surface area (Å²) in [5, 5.41) is 0. The summed E-state index contributed by atoms with van der Waals surface area (Å²) in [7, 11) is 4.60. The van der Waals surface area contributed by atoms with Crippen LogP contribution in [0.1, 0.15) is 12.0 Å². The molecular weight excluding hydrogens is 514 g/mol. The van der Waals surface area contributed by atoms with E-state index in [9.17, 15) is 14.4 Å². The van der Waals surface area contributed by atoms with Gasteiger partial charge in [0, 0.05) is 68.8 Å². The fourth-order valence-electron chi connectivity index (χ4n) is 5.10. The molecular formula is C29H33N5O4S. The van der Waals surface area contributed by atoms with Crippen LogP contribution in [0.5, 0.6) is 0 Å². The monoisotopic (exact) mass is 547 g/mol. The number of benzene rings is 2. The Morgan fingerprint density at radius 3 is 2.44 bits per heavy atom. The van der Waals surface area contributed by atoms with E-state index in [1.165, 1.54) is 35.7 Å². The molecule has 1 saturated heterocycles. The Hall–Kier alpha value is -3.76. The van der Waals surface area contributed by atoms with E-state index in [1.54, 1.807) is 35.5 Å². The Bertz CT molecular complexity index is 1520. The van der Waals surface area contributed by atoms with Crippen molar-refractivity contribution in [1.82, 2.24) is 14.0 Å². The van der Waals surface area contributed by atoms with Crippen LogP contribution in [0, 0.1) is 0 Å². The molecule has 5 rings (SSSR count). The maximum atomic E-state index is 12.3. The van der Waals surface area contributed by atoms with E-state index in [0.717, 1.165) is 61.5 Å². The van der Waals surface area contributed by atoms with Crippen molar-refractivity contribution in [2.24, 2.45) is 14.1 Å². The van der Waals surface area contributed by atoms with Gasteiger partial charge >= 0.3 is 11.7 Å². The highest BCUT2D eigenvalue weighted by atomic mass is 32.2. The number of aromatic nitrogens is 2. The van der Waals surface area contributed by atoms with Gasteiger partial charge in [0.15, 0.2) is 0 Å². The number of methoxy groups -OCH3 is 1. The second-order valence-electron chi connectivity index (χ2n) is 9.73. The van der Waals surface area contributed by atoms with Crippen LogP contribution >= 0.6 is 11.8 Å². The van der Waals surface area contributed by atoms with Gasteiger partial charge in [0.05, 0.1) is 18.5 Å². The van der Waals surface area contributed by atoms with E-state index < -0.39 is 0 Å². The smallest absolute Gasteiger partial charge is 0.332 e. The summed E-state index contributed by atoms with van der Waals surface area (Å²) >= 11 is 1.77. The molecule has 0 aliphatic carbocycles. The normalized spacial score (nSPS) is 15.4. The number of hydrogen-bond acceptors (Lipinski definition) is 8. The number of carbonyl (C=O) groups is 1. The quantitative estimate of drug-likeness (QED) is 0.330. The number of fused-ring (bicyclic) bond motifs is 2. The van der Waals surface area contributed by atoms with Crippen molar-refractivity contribution in [1.29, 1.82) is 0 Å². The summed E-state index contributed by atoms with van der Waals surface area (Å²) in [5.74, 6) is 0.306. The number of para-hydroxylation sites is 1. The van der Waals surface area contributed by atoms with Crippen LogP contribution in [-0.2, 0) is 23.6 Å². The van der Waals surface area contributed by atoms with E-state index >= 15 is 0 Å². The lowest BCUT2D eigenvalue weighted by Crippen LogP contribution is -2.49. The third-order valence-electron chi connectivity index (χ3n) is 7.32. The van der Waals surface area contributed by atoms with E-state index in [0.29, 0.717) is 5.82 Å². The summed E-state index contributed by atoms with van der Waals surface area (Å²) in [6, 6.07) is 16.3. The first kappa shape index (κ1) is 26.8. The van der Waals surface area contributed by atoms with Crippen molar-refractivity contribution >= 4 is 41.0 Å². The molecule has 0 bridgehead atoms. The van der Waals surface area contributed by atoms with Gasteiger partial charge in [-0.3, -0.25) is 18.8 Å². The van der Waals surface area contributed by atoms with Crippen LogP contribution in [0.2, 0.25) is 0 Å². The SMILES string of the molecule is COC(=O)/C=C/c1ccc2c(c1)N(CCCN1CCN(c3cc(=O)n(C)c(=O)n3C)CC1)c1ccccc1S2. The predicted molar refractivity (Wildman–Crippen MR) is 155 cm³/mol. The lowest BCUT2D eigenvalue weighted by molar-refractivity contribution is -0.134. The lowest BCUT2D eigenvalue weighted by atomic mass is 10.1. The van der Waals surface area contributed by atoms with Gasteiger partial charge in [-0.15, -0.1) is 0 Å². The van der Waals surface area contributed by atoms with Gasteiger partial charge in [0.1, 0.15) is 5.82 Å². The Morgan fingerprint density at radius 1 is 0.923 bits per heavy atom. The van der Waals surface area contributed by atoms with Crippen molar-refractivity contribution in [3.63, 3.8) is 0 Å². The van der Waals surface area contributed by atoms with Crippen LogP contribution in [0.3, 0.4) is 0 Å². The molecule has 2 aromatic carbocycles. The number of nitrogens with zero attached hydrogens (tertiary/aromatic N) is 5. The predicted octanol–water partition coefficient (Wildman–Crippen LogP) is 3.09. The van der Waals surface area contributed by atoms with Crippen LogP contribution in [0.15, 0.2) is 74.0 Å². The van der Waals surface area contributed by atoms with Crippen molar-refractivity contribution < 1.29 is 9.53 Å². The van der Waals surface area contributed by atoms with E-state index in [1.807, 2.05) is 6.07 Å². The zero-order valence-electron chi connectivity index (χ0n) is 22.5. The minimum absolute atomic E-state index is 0.278. The lowest BCUT2D eigenvalue weighted by Gasteiger charge is -2.37. The minimum Gasteiger partial charge on any atom is -0.466 e. The molecule has 0 unspecified atom stereocenters. The highest BCUT2D eigenvalue weighted by Crippen LogP contribution is 2.48. The topological polar surface area (TPSA) is 80.0 Å². The molecule has 3 aromatic rings. The largest absolute Gasteiger partial charge is 0.466 e. The first-order chi connectivity index (χ1) is 18.9. The number of anilines is 3. The number of rotatable bonds is 7. The van der Waals surface area contributed by atoms with E-state index in [4.69, 9.17) is 4.74 Å². The maximum absolute atomic E-state index is 12.3. The fraction of sp³-hybridized carbons (Fsp3) is 0.345. The Labute approximate surface area is 231 Å². The fourth-order valence-corrected chi connectivity index (χ4v) is 6.18. The third kappa shape index (κ3) is 5.67. The first-order valence-electron chi connectivity index (χ1n) is 13.0. The van der Waals surface area contributed by atoms with Crippen LogP contribution in [-0.4, -0.2) is 66.4 Å². The molecule has 0 saturated carbocycles. The molecule has 0 amide bonds. The number of piperazine rings is 1. The van der Waals surface area contributed by atoms with Crippen molar-refractivity contribution in [2.45, 2.75) is 16.2 Å². The van der Waals surface area contributed by atoms with Gasteiger partial charge < -0.3 is 14.5 Å². The molecule has 2 aliphatic rings.